The van der Waals surface area contributed by atoms with Gasteiger partial charge in [0.1, 0.15) is 18.1 Å². The minimum Gasteiger partial charge on any atom is -0.496 e. The highest BCUT2D eigenvalue weighted by molar-refractivity contribution is 9.10. The fraction of sp³-hybridized carbons (Fsp3) is 0.312. The first-order chi connectivity index (χ1) is 12.0. The smallest absolute Gasteiger partial charge is 0.316 e. The quantitative estimate of drug-likeness (QED) is 0.645. The Morgan fingerprint density at radius 2 is 2.12 bits per heavy atom. The van der Waals surface area contributed by atoms with Gasteiger partial charge in [-0.15, -0.1) is 11.8 Å². The van der Waals surface area contributed by atoms with Crippen LogP contribution in [-0.4, -0.2) is 35.6 Å². The van der Waals surface area contributed by atoms with Crippen molar-refractivity contribution in [3.63, 3.8) is 0 Å². The highest BCUT2D eigenvalue weighted by Gasteiger charge is 2.11. The van der Waals surface area contributed by atoms with Crippen LogP contribution in [0.25, 0.3) is 0 Å². The first kappa shape index (κ1) is 19.3. The predicted molar refractivity (Wildman–Crippen MR) is 97.7 cm³/mol. The van der Waals surface area contributed by atoms with Crippen LogP contribution in [0.4, 0.5) is 5.82 Å². The fourth-order valence-electron chi connectivity index (χ4n) is 1.89. The lowest BCUT2D eigenvalue weighted by molar-refractivity contribution is -0.141. The Balaban J connectivity index is 1.70. The summed E-state index contributed by atoms with van der Waals surface area (Å²) < 4.78 is 16.1. The largest absolute Gasteiger partial charge is 0.496 e. The van der Waals surface area contributed by atoms with E-state index in [1.54, 1.807) is 26.2 Å². The molecule has 1 aromatic carbocycles. The number of nitrogens with zero attached hydrogens (tertiary/aromatic N) is 1. The Bertz CT molecular complexity index is 750. The van der Waals surface area contributed by atoms with Crippen molar-refractivity contribution in [2.45, 2.75) is 13.5 Å². The Labute approximate surface area is 157 Å². The van der Waals surface area contributed by atoms with E-state index in [2.05, 4.69) is 26.4 Å². The van der Waals surface area contributed by atoms with E-state index in [1.165, 1.54) is 0 Å². The second-order valence-corrected chi connectivity index (χ2v) is 6.88. The van der Waals surface area contributed by atoms with Crippen molar-refractivity contribution in [2.75, 3.05) is 23.9 Å². The molecule has 134 valence electrons. The van der Waals surface area contributed by atoms with Crippen LogP contribution in [0.2, 0.25) is 0 Å². The summed E-state index contributed by atoms with van der Waals surface area (Å²) in [6, 6.07) is 7.07. The Hall–Kier alpha value is -2.00. The van der Waals surface area contributed by atoms with Crippen molar-refractivity contribution < 1.29 is 23.6 Å². The number of esters is 1. The third kappa shape index (κ3) is 6.43. The van der Waals surface area contributed by atoms with Crippen LogP contribution in [0.5, 0.6) is 5.75 Å². The summed E-state index contributed by atoms with van der Waals surface area (Å²) >= 11 is 4.52. The molecule has 0 saturated heterocycles. The molecule has 0 aliphatic rings. The molecule has 0 aliphatic carbocycles. The number of anilines is 1. The van der Waals surface area contributed by atoms with Crippen molar-refractivity contribution in [1.29, 1.82) is 0 Å². The number of methoxy groups -OCH3 is 1. The molecule has 2 aromatic rings. The van der Waals surface area contributed by atoms with Gasteiger partial charge in [-0.3, -0.25) is 9.59 Å². The predicted octanol–water partition coefficient (Wildman–Crippen LogP) is 3.17. The van der Waals surface area contributed by atoms with Crippen LogP contribution in [0.3, 0.4) is 0 Å². The van der Waals surface area contributed by atoms with Crippen LogP contribution in [0.1, 0.15) is 11.3 Å². The maximum absolute atomic E-state index is 11.8. The number of rotatable bonds is 8. The third-order valence-corrected chi connectivity index (χ3v) is 4.38. The monoisotopic (exact) mass is 428 g/mol. The molecule has 2 rings (SSSR count). The Kier molecular flexibility index (Phi) is 7.32. The molecule has 1 amide bonds. The zero-order valence-corrected chi connectivity index (χ0v) is 16.1. The highest BCUT2D eigenvalue weighted by atomic mass is 79.9. The van der Waals surface area contributed by atoms with E-state index >= 15 is 0 Å². The molecular formula is C16H17BrN2O5S. The number of aromatic nitrogens is 1. The summed E-state index contributed by atoms with van der Waals surface area (Å²) in [5, 5.41) is 6.24. The van der Waals surface area contributed by atoms with E-state index < -0.39 is 5.97 Å². The Morgan fingerprint density at radius 1 is 1.32 bits per heavy atom. The molecule has 0 bridgehead atoms. The first-order valence-corrected chi connectivity index (χ1v) is 9.21. The van der Waals surface area contributed by atoms with Gasteiger partial charge in [0, 0.05) is 16.1 Å². The number of halogens is 1. The molecule has 0 fully saturated rings. The summed E-state index contributed by atoms with van der Waals surface area (Å²) in [5.41, 5.74) is 0.759. The molecule has 0 unspecified atom stereocenters. The number of amides is 1. The standard InChI is InChI=1S/C16H17BrN2O5S/c1-10-5-14(19-24-10)18-15(20)8-25-9-16(21)23-7-11-6-12(17)3-4-13(11)22-2/h3-6H,7-9H2,1-2H3,(H,18,19,20). The van der Waals surface area contributed by atoms with Crippen LogP contribution < -0.4 is 10.1 Å². The van der Waals surface area contributed by atoms with E-state index in [0.29, 0.717) is 17.3 Å². The fourth-order valence-corrected chi connectivity index (χ4v) is 2.91. The average molecular weight is 429 g/mol. The molecule has 0 spiro atoms. The number of nitrogens with one attached hydrogen (secondary N) is 1. The van der Waals surface area contributed by atoms with Gasteiger partial charge in [-0.1, -0.05) is 21.1 Å². The molecule has 9 heteroatoms. The van der Waals surface area contributed by atoms with Crippen LogP contribution >= 0.6 is 27.7 Å². The minimum atomic E-state index is -0.405. The minimum absolute atomic E-state index is 0.0710. The van der Waals surface area contributed by atoms with E-state index in [1.807, 2.05) is 12.1 Å². The van der Waals surface area contributed by atoms with Crippen molar-refractivity contribution in [1.82, 2.24) is 5.16 Å². The molecule has 0 saturated carbocycles. The van der Waals surface area contributed by atoms with Gasteiger partial charge in [0.15, 0.2) is 5.82 Å². The van der Waals surface area contributed by atoms with Gasteiger partial charge in [-0.05, 0) is 25.1 Å². The number of thioether (sulfide) groups is 1. The summed E-state index contributed by atoms with van der Waals surface area (Å²) in [6.07, 6.45) is 0. The number of benzene rings is 1. The maximum Gasteiger partial charge on any atom is 0.316 e. The van der Waals surface area contributed by atoms with E-state index in [0.717, 1.165) is 21.8 Å². The third-order valence-electron chi connectivity index (χ3n) is 2.98. The molecular weight excluding hydrogens is 412 g/mol. The molecule has 1 heterocycles. The SMILES string of the molecule is COc1ccc(Br)cc1COC(=O)CSCC(=O)Nc1cc(C)on1. The van der Waals surface area contributed by atoms with Crippen molar-refractivity contribution >= 4 is 45.4 Å². The van der Waals surface area contributed by atoms with E-state index in [9.17, 15) is 9.59 Å². The second-order valence-electron chi connectivity index (χ2n) is 4.98. The van der Waals surface area contributed by atoms with E-state index in [-0.39, 0.29) is 24.0 Å². The van der Waals surface area contributed by atoms with Gasteiger partial charge >= 0.3 is 5.97 Å². The van der Waals surface area contributed by atoms with E-state index in [4.69, 9.17) is 14.0 Å². The van der Waals surface area contributed by atoms with Crippen molar-refractivity contribution in [3.8, 4) is 5.75 Å². The number of hydrogen-bond donors (Lipinski definition) is 1. The normalized spacial score (nSPS) is 10.4. The summed E-state index contributed by atoms with van der Waals surface area (Å²) in [4.78, 5) is 23.5. The molecule has 1 N–H and O–H groups in total. The second kappa shape index (κ2) is 9.47. The van der Waals surface area contributed by atoms with Gasteiger partial charge in [0.2, 0.25) is 5.91 Å². The lowest BCUT2D eigenvalue weighted by Crippen LogP contribution is -2.16. The number of carbonyl (C=O) groups excluding carboxylic acids is 2. The molecule has 25 heavy (non-hydrogen) atoms. The van der Waals surface area contributed by atoms with Gasteiger partial charge < -0.3 is 19.3 Å². The summed E-state index contributed by atoms with van der Waals surface area (Å²) in [5.74, 6) is 1.12. The van der Waals surface area contributed by atoms with Gasteiger partial charge in [0.25, 0.3) is 0 Å². The molecule has 7 nitrogen and oxygen atoms in total. The highest BCUT2D eigenvalue weighted by Crippen LogP contribution is 2.23. The van der Waals surface area contributed by atoms with Crippen molar-refractivity contribution in [2.24, 2.45) is 0 Å². The lowest BCUT2D eigenvalue weighted by atomic mass is 10.2. The number of carbonyl (C=O) groups is 2. The lowest BCUT2D eigenvalue weighted by Gasteiger charge is -2.09. The van der Waals surface area contributed by atoms with Gasteiger partial charge in [0.05, 0.1) is 18.6 Å². The zero-order valence-electron chi connectivity index (χ0n) is 13.7. The molecule has 0 atom stereocenters. The number of aryl methyl sites for hydroxylation is 1. The number of ether oxygens (including phenoxy) is 2. The topological polar surface area (TPSA) is 90.7 Å². The van der Waals surface area contributed by atoms with Crippen LogP contribution in [0.15, 0.2) is 33.3 Å². The van der Waals surface area contributed by atoms with Crippen LogP contribution in [0, 0.1) is 6.92 Å². The molecule has 0 aliphatic heterocycles. The maximum atomic E-state index is 11.8. The van der Waals surface area contributed by atoms with Crippen LogP contribution in [-0.2, 0) is 20.9 Å². The van der Waals surface area contributed by atoms with Gasteiger partial charge in [-0.25, -0.2) is 0 Å². The molecule has 1 aromatic heterocycles. The average Bonchev–Trinajstić information content (AvgIpc) is 2.98. The zero-order chi connectivity index (χ0) is 18.2. The first-order valence-electron chi connectivity index (χ1n) is 7.27. The number of hydrogen-bond acceptors (Lipinski definition) is 7. The summed E-state index contributed by atoms with van der Waals surface area (Å²) in [7, 11) is 1.55. The Morgan fingerprint density at radius 3 is 2.80 bits per heavy atom. The molecule has 0 radical (unpaired) electrons. The summed E-state index contributed by atoms with van der Waals surface area (Å²) in [6.45, 7) is 1.83. The van der Waals surface area contributed by atoms with Gasteiger partial charge in [-0.2, -0.15) is 0 Å². The van der Waals surface area contributed by atoms with Crippen molar-refractivity contribution in [3.05, 3.63) is 40.1 Å².